The topological polar surface area (TPSA) is 79.2 Å². The van der Waals surface area contributed by atoms with Crippen molar-refractivity contribution in [3.8, 4) is 0 Å². The van der Waals surface area contributed by atoms with E-state index >= 15 is 0 Å². The van der Waals surface area contributed by atoms with Gasteiger partial charge in [0, 0.05) is 24.2 Å². The summed E-state index contributed by atoms with van der Waals surface area (Å²) in [5.74, 6) is 2.52. The van der Waals surface area contributed by atoms with Crippen LogP contribution in [0.4, 0.5) is 0 Å². The molecule has 6 rings (SSSR count). The second-order valence-corrected chi connectivity index (χ2v) is 13.4. The van der Waals surface area contributed by atoms with Crippen LogP contribution in [0, 0.1) is 46.3 Å². The molecule has 0 radical (unpaired) electrons. The van der Waals surface area contributed by atoms with Gasteiger partial charge in [0.15, 0.2) is 5.79 Å². The van der Waals surface area contributed by atoms with Crippen molar-refractivity contribution in [2.75, 3.05) is 6.61 Å². The van der Waals surface area contributed by atoms with Crippen molar-refractivity contribution >= 4 is 0 Å². The lowest BCUT2D eigenvalue weighted by atomic mass is 9.42. The minimum Gasteiger partial charge on any atom is -0.393 e. The van der Waals surface area contributed by atoms with E-state index in [4.69, 9.17) is 9.47 Å². The molecule has 0 bridgehead atoms. The number of aliphatic hydroxyl groups excluding tert-OH is 2. The molecule has 5 heteroatoms. The van der Waals surface area contributed by atoms with Gasteiger partial charge in [0.05, 0.1) is 30.5 Å². The summed E-state index contributed by atoms with van der Waals surface area (Å²) in [5, 5.41) is 33.2. The molecule has 0 aromatic carbocycles. The maximum atomic E-state index is 11.7. The fraction of sp³-hybridized carbons (Fsp3) is 1.00. The monoisotopic (exact) mass is 448 g/mol. The lowest BCUT2D eigenvalue weighted by Gasteiger charge is -2.65. The number of ether oxygens (including phenoxy) is 2. The van der Waals surface area contributed by atoms with Crippen LogP contribution < -0.4 is 0 Å². The highest BCUT2D eigenvalue weighted by Crippen LogP contribution is 2.71. The van der Waals surface area contributed by atoms with Crippen LogP contribution in [0.25, 0.3) is 0 Å². The Bertz CT molecular complexity index is 763. The maximum absolute atomic E-state index is 11.7. The van der Waals surface area contributed by atoms with Crippen LogP contribution in [0.2, 0.25) is 0 Å². The Hall–Kier alpha value is -0.200. The van der Waals surface area contributed by atoms with E-state index in [9.17, 15) is 15.3 Å². The van der Waals surface area contributed by atoms with Gasteiger partial charge in [-0.25, -0.2) is 0 Å². The molecule has 0 amide bonds. The zero-order valence-corrected chi connectivity index (χ0v) is 20.4. The molecule has 0 aromatic heterocycles. The van der Waals surface area contributed by atoms with Crippen LogP contribution >= 0.6 is 0 Å². The third kappa shape index (κ3) is 2.64. The molecule has 182 valence electrons. The summed E-state index contributed by atoms with van der Waals surface area (Å²) in [7, 11) is 0. The van der Waals surface area contributed by atoms with Crippen molar-refractivity contribution in [2.45, 2.75) is 115 Å². The smallest absolute Gasteiger partial charge is 0.171 e. The van der Waals surface area contributed by atoms with Gasteiger partial charge in [-0.2, -0.15) is 0 Å². The van der Waals surface area contributed by atoms with E-state index in [1.54, 1.807) is 0 Å². The van der Waals surface area contributed by atoms with Crippen molar-refractivity contribution in [3.05, 3.63) is 0 Å². The Kier molecular flexibility index (Phi) is 4.83. The molecule has 2 heterocycles. The molecule has 13 atom stereocenters. The molecule has 13 unspecified atom stereocenters. The van der Waals surface area contributed by atoms with Gasteiger partial charge >= 0.3 is 0 Å². The van der Waals surface area contributed by atoms with Gasteiger partial charge in [-0.15, -0.1) is 0 Å². The van der Waals surface area contributed by atoms with Crippen molar-refractivity contribution < 1.29 is 24.8 Å². The lowest BCUT2D eigenvalue weighted by molar-refractivity contribution is -0.279. The molecular weight excluding hydrogens is 404 g/mol. The first-order valence-electron chi connectivity index (χ1n) is 13.4. The lowest BCUT2D eigenvalue weighted by Crippen LogP contribution is -2.68. The van der Waals surface area contributed by atoms with Crippen LogP contribution in [-0.2, 0) is 9.47 Å². The van der Waals surface area contributed by atoms with Gasteiger partial charge in [0.1, 0.15) is 0 Å². The fourth-order valence-electron chi connectivity index (χ4n) is 10.3. The first-order valence-corrected chi connectivity index (χ1v) is 13.4. The summed E-state index contributed by atoms with van der Waals surface area (Å²) >= 11 is 0. The SMILES string of the molecule is CC1CCC2(OC1)OC1CC3C4CC(O)C5(O)CC(O)CCC5(C)C4CCC3(C)C1C2C. The summed E-state index contributed by atoms with van der Waals surface area (Å²) in [6, 6.07) is 0. The van der Waals surface area contributed by atoms with Crippen molar-refractivity contribution in [1.82, 2.24) is 0 Å². The quantitative estimate of drug-likeness (QED) is 0.524. The Labute approximate surface area is 193 Å². The predicted molar refractivity (Wildman–Crippen MR) is 121 cm³/mol. The molecule has 6 aliphatic rings. The molecule has 1 spiro atoms. The number of hydrogen-bond acceptors (Lipinski definition) is 5. The number of fused-ring (bicyclic) bond motifs is 7. The van der Waals surface area contributed by atoms with E-state index < -0.39 is 17.8 Å². The molecule has 4 saturated carbocycles. The highest BCUT2D eigenvalue weighted by molar-refractivity contribution is 5.19. The molecule has 2 saturated heterocycles. The third-order valence-electron chi connectivity index (χ3n) is 12.1. The van der Waals surface area contributed by atoms with E-state index in [0.29, 0.717) is 48.3 Å². The van der Waals surface area contributed by atoms with E-state index in [-0.39, 0.29) is 22.7 Å². The van der Waals surface area contributed by atoms with E-state index in [2.05, 4.69) is 27.7 Å². The van der Waals surface area contributed by atoms with Gasteiger partial charge in [-0.1, -0.05) is 27.7 Å². The first kappa shape index (κ1) is 22.3. The summed E-state index contributed by atoms with van der Waals surface area (Å²) in [6.45, 7) is 10.2. The number of rotatable bonds is 0. The molecule has 2 aliphatic heterocycles. The van der Waals surface area contributed by atoms with Crippen molar-refractivity contribution in [2.24, 2.45) is 46.3 Å². The zero-order chi connectivity index (χ0) is 22.7. The zero-order valence-electron chi connectivity index (χ0n) is 20.4. The minimum absolute atomic E-state index is 0.209. The highest BCUT2D eigenvalue weighted by atomic mass is 16.7. The van der Waals surface area contributed by atoms with Gasteiger partial charge in [0.2, 0.25) is 0 Å². The van der Waals surface area contributed by atoms with Gasteiger partial charge in [-0.05, 0) is 80.0 Å². The second kappa shape index (κ2) is 6.94. The molecule has 5 nitrogen and oxygen atoms in total. The molecule has 3 N–H and O–H groups in total. The van der Waals surface area contributed by atoms with E-state index in [1.807, 2.05) is 0 Å². The van der Waals surface area contributed by atoms with Crippen molar-refractivity contribution in [3.63, 3.8) is 0 Å². The van der Waals surface area contributed by atoms with Crippen LogP contribution in [0.3, 0.4) is 0 Å². The largest absolute Gasteiger partial charge is 0.393 e. The molecule has 0 aromatic rings. The first-order chi connectivity index (χ1) is 15.0. The molecule has 32 heavy (non-hydrogen) atoms. The Morgan fingerprint density at radius 1 is 0.906 bits per heavy atom. The van der Waals surface area contributed by atoms with E-state index in [1.165, 1.54) is 12.8 Å². The Balaban J connectivity index is 1.30. The Morgan fingerprint density at radius 2 is 1.69 bits per heavy atom. The maximum Gasteiger partial charge on any atom is 0.171 e. The summed E-state index contributed by atoms with van der Waals surface area (Å²) in [6.07, 6.45) is 7.08. The fourth-order valence-corrected chi connectivity index (χ4v) is 10.3. The van der Waals surface area contributed by atoms with Crippen molar-refractivity contribution in [1.29, 1.82) is 0 Å². The van der Waals surface area contributed by atoms with E-state index in [0.717, 1.165) is 38.7 Å². The molecule has 4 aliphatic carbocycles. The van der Waals surface area contributed by atoms with Crippen LogP contribution in [0.15, 0.2) is 0 Å². The standard InChI is InChI=1S/C27H44O5/c1-15-5-10-27(31-14-15)16(2)23-21(32-27)12-20-18-11-22(29)26(30)13-17(28)6-9-25(26,4)19(18)7-8-24(20,23)3/h15-23,28-30H,5-14H2,1-4H3. The normalized spacial score (nSPS) is 64.0. The summed E-state index contributed by atoms with van der Waals surface area (Å²) in [4.78, 5) is 0. The third-order valence-corrected chi connectivity index (χ3v) is 12.1. The predicted octanol–water partition coefficient (Wildman–Crippen LogP) is 3.88. The number of hydrogen-bond donors (Lipinski definition) is 3. The van der Waals surface area contributed by atoms with Gasteiger partial charge in [0.25, 0.3) is 0 Å². The highest BCUT2D eigenvalue weighted by Gasteiger charge is 2.71. The van der Waals surface area contributed by atoms with Crippen LogP contribution in [-0.4, -0.2) is 51.6 Å². The van der Waals surface area contributed by atoms with Crippen LogP contribution in [0.1, 0.15) is 85.5 Å². The molecular formula is C27H44O5. The average molecular weight is 449 g/mol. The Morgan fingerprint density at radius 3 is 2.41 bits per heavy atom. The van der Waals surface area contributed by atoms with Crippen LogP contribution in [0.5, 0.6) is 0 Å². The average Bonchev–Trinajstić information content (AvgIpc) is 3.18. The minimum atomic E-state index is -1.16. The second-order valence-electron chi connectivity index (χ2n) is 13.4. The summed E-state index contributed by atoms with van der Waals surface area (Å²) in [5.41, 5.74) is -1.26. The number of aliphatic hydroxyl groups is 3. The summed E-state index contributed by atoms with van der Waals surface area (Å²) < 4.78 is 13.3. The van der Waals surface area contributed by atoms with Gasteiger partial charge in [-0.3, -0.25) is 0 Å². The van der Waals surface area contributed by atoms with Gasteiger partial charge < -0.3 is 24.8 Å². The molecule has 6 fully saturated rings.